The van der Waals surface area contributed by atoms with Gasteiger partial charge in [0.25, 0.3) is 11.8 Å². The minimum absolute atomic E-state index is 0.144. The normalized spacial score (nSPS) is 10.3. The lowest BCUT2D eigenvalue weighted by Gasteiger charge is -2.08. The third kappa shape index (κ3) is 2.94. The van der Waals surface area contributed by atoms with Gasteiger partial charge in [0.2, 0.25) is 0 Å². The second-order valence-electron chi connectivity index (χ2n) is 4.60. The molecule has 1 heterocycles. The number of halogens is 1. The summed E-state index contributed by atoms with van der Waals surface area (Å²) in [5, 5.41) is 0. The number of furan rings is 1. The molecule has 5 nitrogen and oxygen atoms in total. The summed E-state index contributed by atoms with van der Waals surface area (Å²) in [6.07, 6.45) is 0. The van der Waals surface area contributed by atoms with Crippen molar-refractivity contribution < 1.29 is 18.4 Å². The molecular formula is C15H15FN2O3. The van der Waals surface area contributed by atoms with E-state index >= 15 is 0 Å². The van der Waals surface area contributed by atoms with Crippen LogP contribution in [0.5, 0.6) is 0 Å². The van der Waals surface area contributed by atoms with Crippen molar-refractivity contribution in [1.82, 2.24) is 10.9 Å². The zero-order valence-electron chi connectivity index (χ0n) is 11.9. The molecule has 21 heavy (non-hydrogen) atoms. The van der Waals surface area contributed by atoms with E-state index in [1.165, 1.54) is 24.3 Å². The van der Waals surface area contributed by atoms with Gasteiger partial charge >= 0.3 is 0 Å². The highest BCUT2D eigenvalue weighted by Crippen LogP contribution is 2.20. The Morgan fingerprint density at radius 3 is 2.19 bits per heavy atom. The van der Waals surface area contributed by atoms with Gasteiger partial charge in [0, 0.05) is 5.56 Å². The molecule has 110 valence electrons. The molecule has 0 radical (unpaired) electrons. The first-order chi connectivity index (χ1) is 9.91. The maximum absolute atomic E-state index is 13.4. The maximum Gasteiger partial charge on any atom is 0.273 e. The van der Waals surface area contributed by atoms with E-state index in [9.17, 15) is 14.0 Å². The molecule has 6 heteroatoms. The zero-order valence-corrected chi connectivity index (χ0v) is 11.9. The SMILES string of the molecule is Cc1oc(C)c(C(=O)NNC(=O)c2ccccc2F)c1C. The lowest BCUT2D eigenvalue weighted by molar-refractivity contribution is 0.0843. The molecule has 0 bridgehead atoms. The van der Waals surface area contributed by atoms with Gasteiger partial charge < -0.3 is 4.42 Å². The summed E-state index contributed by atoms with van der Waals surface area (Å²) in [5.74, 6) is -0.792. The van der Waals surface area contributed by atoms with Crippen molar-refractivity contribution in [2.45, 2.75) is 20.8 Å². The molecule has 0 saturated heterocycles. The van der Waals surface area contributed by atoms with Crippen molar-refractivity contribution in [2.75, 3.05) is 0 Å². The van der Waals surface area contributed by atoms with Gasteiger partial charge in [0.1, 0.15) is 17.3 Å². The Bertz CT molecular complexity index is 707. The average molecular weight is 290 g/mol. The molecule has 0 fully saturated rings. The highest BCUT2D eigenvalue weighted by molar-refractivity contribution is 6.00. The van der Waals surface area contributed by atoms with Crippen LogP contribution in [0, 0.1) is 26.6 Å². The summed E-state index contributed by atoms with van der Waals surface area (Å²) in [4.78, 5) is 23.8. The molecule has 0 saturated carbocycles. The minimum atomic E-state index is -0.725. The largest absolute Gasteiger partial charge is 0.466 e. The predicted molar refractivity (Wildman–Crippen MR) is 74.3 cm³/mol. The Hall–Kier alpha value is -2.63. The van der Waals surface area contributed by atoms with Crippen LogP contribution in [-0.2, 0) is 0 Å². The van der Waals surface area contributed by atoms with Gasteiger partial charge in [0.15, 0.2) is 0 Å². The number of hydrogen-bond donors (Lipinski definition) is 2. The predicted octanol–water partition coefficient (Wildman–Crippen LogP) is 2.42. The van der Waals surface area contributed by atoms with Crippen LogP contribution >= 0.6 is 0 Å². The number of hydrogen-bond acceptors (Lipinski definition) is 3. The van der Waals surface area contributed by atoms with Gasteiger partial charge in [-0.25, -0.2) is 4.39 Å². The molecule has 2 rings (SSSR count). The van der Waals surface area contributed by atoms with Crippen LogP contribution in [0.1, 0.15) is 37.8 Å². The summed E-state index contributed by atoms with van der Waals surface area (Å²) in [5.41, 5.74) is 5.35. The van der Waals surface area contributed by atoms with Gasteiger partial charge in [-0.2, -0.15) is 0 Å². The first-order valence-corrected chi connectivity index (χ1v) is 6.33. The van der Waals surface area contributed by atoms with Crippen molar-refractivity contribution in [3.05, 3.63) is 58.3 Å². The third-order valence-electron chi connectivity index (χ3n) is 3.20. The molecule has 0 aliphatic rings. The van der Waals surface area contributed by atoms with E-state index < -0.39 is 17.6 Å². The number of hydrazine groups is 1. The molecule has 1 aromatic carbocycles. The summed E-state index contributed by atoms with van der Waals surface area (Å²) in [7, 11) is 0. The molecule has 2 amide bonds. The minimum Gasteiger partial charge on any atom is -0.466 e. The third-order valence-corrected chi connectivity index (χ3v) is 3.20. The fourth-order valence-corrected chi connectivity index (χ4v) is 2.02. The molecule has 2 N–H and O–H groups in total. The number of aryl methyl sites for hydroxylation is 2. The lowest BCUT2D eigenvalue weighted by atomic mass is 10.1. The number of carbonyl (C=O) groups is 2. The summed E-state index contributed by atoms with van der Waals surface area (Å²) >= 11 is 0. The molecule has 0 aliphatic carbocycles. The highest BCUT2D eigenvalue weighted by atomic mass is 19.1. The average Bonchev–Trinajstić information content (AvgIpc) is 2.70. The molecule has 0 spiro atoms. The van der Waals surface area contributed by atoms with Crippen LogP contribution in [0.15, 0.2) is 28.7 Å². The number of nitrogens with one attached hydrogen (secondary N) is 2. The Morgan fingerprint density at radius 2 is 1.62 bits per heavy atom. The molecule has 0 aliphatic heterocycles. The van der Waals surface area contributed by atoms with Gasteiger partial charge in [-0.15, -0.1) is 0 Å². The van der Waals surface area contributed by atoms with Gasteiger partial charge in [-0.3, -0.25) is 20.4 Å². The second kappa shape index (κ2) is 5.78. The molecule has 0 atom stereocenters. The summed E-state index contributed by atoms with van der Waals surface area (Å²) < 4.78 is 18.8. The van der Waals surface area contributed by atoms with Crippen molar-refractivity contribution >= 4 is 11.8 Å². The van der Waals surface area contributed by atoms with E-state index in [4.69, 9.17) is 4.42 Å². The molecular weight excluding hydrogens is 275 g/mol. The lowest BCUT2D eigenvalue weighted by Crippen LogP contribution is -2.42. The van der Waals surface area contributed by atoms with Crippen LogP contribution in [0.2, 0.25) is 0 Å². The first-order valence-electron chi connectivity index (χ1n) is 6.33. The smallest absolute Gasteiger partial charge is 0.273 e. The standard InChI is InChI=1S/C15H15FN2O3/c1-8-9(2)21-10(3)13(8)15(20)18-17-14(19)11-6-4-5-7-12(11)16/h4-7H,1-3H3,(H,17,19)(H,18,20). The Labute approximate surface area is 121 Å². The van der Waals surface area contributed by atoms with Crippen LogP contribution in [-0.4, -0.2) is 11.8 Å². The van der Waals surface area contributed by atoms with Gasteiger partial charge in [-0.1, -0.05) is 12.1 Å². The van der Waals surface area contributed by atoms with Crippen LogP contribution in [0.3, 0.4) is 0 Å². The topological polar surface area (TPSA) is 71.3 Å². The van der Waals surface area contributed by atoms with E-state index in [1.54, 1.807) is 20.8 Å². The Kier molecular flexibility index (Phi) is 4.07. The van der Waals surface area contributed by atoms with Crippen LogP contribution in [0.25, 0.3) is 0 Å². The van der Waals surface area contributed by atoms with E-state index in [-0.39, 0.29) is 5.56 Å². The van der Waals surface area contributed by atoms with Crippen molar-refractivity contribution in [3.63, 3.8) is 0 Å². The monoisotopic (exact) mass is 290 g/mol. The summed E-state index contributed by atoms with van der Waals surface area (Å²) in [6.45, 7) is 5.16. The maximum atomic E-state index is 13.4. The van der Waals surface area contributed by atoms with Crippen molar-refractivity contribution in [2.24, 2.45) is 0 Å². The summed E-state index contributed by atoms with van der Waals surface area (Å²) in [6, 6.07) is 5.51. The number of benzene rings is 1. The number of amides is 2. The van der Waals surface area contributed by atoms with Crippen LogP contribution < -0.4 is 10.9 Å². The van der Waals surface area contributed by atoms with E-state index in [0.717, 1.165) is 0 Å². The number of rotatable bonds is 2. The van der Waals surface area contributed by atoms with E-state index in [2.05, 4.69) is 10.9 Å². The fraction of sp³-hybridized carbons (Fsp3) is 0.200. The Morgan fingerprint density at radius 1 is 1.00 bits per heavy atom. The van der Waals surface area contributed by atoms with Crippen LogP contribution in [0.4, 0.5) is 4.39 Å². The quantitative estimate of drug-likeness (QED) is 0.834. The van der Waals surface area contributed by atoms with Crippen molar-refractivity contribution in [1.29, 1.82) is 0 Å². The van der Waals surface area contributed by atoms with Gasteiger partial charge in [-0.05, 0) is 32.9 Å². The van der Waals surface area contributed by atoms with Crippen molar-refractivity contribution in [3.8, 4) is 0 Å². The Balaban J connectivity index is 2.08. The van der Waals surface area contributed by atoms with E-state index in [1.807, 2.05) is 0 Å². The molecule has 1 aromatic heterocycles. The van der Waals surface area contributed by atoms with E-state index in [0.29, 0.717) is 22.6 Å². The molecule has 2 aromatic rings. The zero-order chi connectivity index (χ0) is 15.6. The number of carbonyl (C=O) groups excluding carboxylic acids is 2. The fourth-order valence-electron chi connectivity index (χ4n) is 2.02. The molecule has 0 unspecified atom stereocenters. The first kappa shape index (κ1) is 14.8. The van der Waals surface area contributed by atoms with Gasteiger partial charge in [0.05, 0.1) is 11.1 Å². The highest BCUT2D eigenvalue weighted by Gasteiger charge is 2.19. The second-order valence-corrected chi connectivity index (χ2v) is 4.60.